The number of Topliss-reactive ketones (excluding diaryl/α,β-unsaturated/α-hetero) is 2. The van der Waals surface area contributed by atoms with Crippen molar-refractivity contribution in [1.29, 1.82) is 0 Å². The smallest absolute Gasteiger partial charge is 0.176 e. The van der Waals surface area contributed by atoms with Gasteiger partial charge in [-0.1, -0.05) is 60.7 Å². The number of carbonyl (C=O) groups is 2. The second-order valence-electron chi connectivity index (χ2n) is 5.32. The Morgan fingerprint density at radius 1 is 0.727 bits per heavy atom. The second-order valence-corrected chi connectivity index (χ2v) is 7.36. The zero-order chi connectivity index (χ0) is 15.9. The average Bonchev–Trinajstić information content (AvgIpc) is 2.48. The Hall–Kier alpha value is -2.00. The highest BCUT2D eigenvalue weighted by Crippen LogP contribution is 2.12. The van der Waals surface area contributed by atoms with Gasteiger partial charge in [0.25, 0.3) is 0 Å². The van der Waals surface area contributed by atoms with Crippen LogP contribution in [0.1, 0.15) is 11.1 Å². The minimum atomic E-state index is -0.343. The lowest BCUT2D eigenvalue weighted by Crippen LogP contribution is -2.27. The highest BCUT2D eigenvalue weighted by Gasteiger charge is 2.20. The summed E-state index contributed by atoms with van der Waals surface area (Å²) in [6.45, 7) is 0. The molecule has 0 unspecified atom stereocenters. The molecule has 0 atom stereocenters. The van der Waals surface area contributed by atoms with Gasteiger partial charge < -0.3 is 0 Å². The van der Waals surface area contributed by atoms with E-state index in [0.717, 1.165) is 11.1 Å². The Kier molecular flexibility index (Phi) is 5.84. The molecule has 0 N–H and O–H groups in total. The molecule has 0 saturated carbocycles. The number of carbonyl (C=O) groups excluding carboxylic acids is 2. The summed E-state index contributed by atoms with van der Waals surface area (Å²) in [6, 6.07) is 19.1. The molecule has 3 heteroatoms. The maximum absolute atomic E-state index is 12.5. The highest BCUT2D eigenvalue weighted by molar-refractivity contribution is 8.16. The molecule has 2 rings (SSSR count). The summed E-state index contributed by atoms with van der Waals surface area (Å²) in [7, 11) is -0.343. The first-order valence-electron chi connectivity index (χ1n) is 7.16. The summed E-state index contributed by atoms with van der Waals surface area (Å²) in [5.41, 5.74) is 1.89. The molecule has 0 aromatic heterocycles. The average molecular weight is 312 g/mol. The lowest BCUT2D eigenvalue weighted by atomic mass is 10.0. The van der Waals surface area contributed by atoms with E-state index in [2.05, 4.69) is 0 Å². The molecule has 0 amide bonds. The lowest BCUT2D eigenvalue weighted by molar-refractivity contribution is -0.115. The molecule has 0 radical (unpaired) electrons. The van der Waals surface area contributed by atoms with Crippen LogP contribution in [0.2, 0.25) is 0 Å². The van der Waals surface area contributed by atoms with Gasteiger partial charge in [-0.3, -0.25) is 9.59 Å². The Bertz CT molecular complexity index is 628. The molecule has 114 valence electrons. The Labute approximate surface area is 134 Å². The van der Waals surface area contributed by atoms with Gasteiger partial charge in [0, 0.05) is 12.8 Å². The summed E-state index contributed by atoms with van der Waals surface area (Å²) in [6.07, 6.45) is 4.45. The molecule has 0 heterocycles. The topological polar surface area (TPSA) is 34.1 Å². The molecule has 2 aromatic rings. The maximum Gasteiger partial charge on any atom is 0.176 e. The predicted molar refractivity (Wildman–Crippen MR) is 94.8 cm³/mol. The third-order valence-electron chi connectivity index (χ3n) is 3.33. The van der Waals surface area contributed by atoms with Crippen molar-refractivity contribution in [2.45, 2.75) is 12.8 Å². The van der Waals surface area contributed by atoms with E-state index in [1.165, 1.54) is 0 Å². The molecule has 0 bridgehead atoms. The van der Waals surface area contributed by atoms with Gasteiger partial charge in [0.1, 0.15) is 0 Å². The van der Waals surface area contributed by atoms with Crippen molar-refractivity contribution in [2.75, 3.05) is 12.5 Å². The van der Waals surface area contributed by atoms with Crippen LogP contribution in [0.5, 0.6) is 0 Å². The number of hydrogen-bond donors (Lipinski definition) is 0. The van der Waals surface area contributed by atoms with Crippen LogP contribution in [0, 0.1) is 0 Å². The number of rotatable bonds is 6. The Morgan fingerprint density at radius 3 is 1.41 bits per heavy atom. The summed E-state index contributed by atoms with van der Waals surface area (Å²) in [5, 5.41) is 0. The fraction of sp³-hybridized carbons (Fsp3) is 0.211. The third kappa shape index (κ3) is 4.50. The number of benzene rings is 2. The molecule has 2 nitrogen and oxygen atoms in total. The quantitative estimate of drug-likeness (QED) is 0.606. The first-order chi connectivity index (χ1) is 10.6. The molecule has 0 saturated heterocycles. The zero-order valence-corrected chi connectivity index (χ0v) is 13.7. The van der Waals surface area contributed by atoms with Crippen molar-refractivity contribution in [3.8, 4) is 0 Å². The van der Waals surface area contributed by atoms with E-state index in [9.17, 15) is 9.59 Å². The van der Waals surface area contributed by atoms with Crippen molar-refractivity contribution in [3.05, 3.63) is 71.8 Å². The highest BCUT2D eigenvalue weighted by atomic mass is 32.2. The van der Waals surface area contributed by atoms with Crippen molar-refractivity contribution >= 4 is 26.9 Å². The zero-order valence-electron chi connectivity index (χ0n) is 12.9. The van der Waals surface area contributed by atoms with E-state index in [-0.39, 0.29) is 22.1 Å². The second kappa shape index (κ2) is 7.85. The number of ketones is 2. The lowest BCUT2D eigenvalue weighted by Gasteiger charge is -2.09. The van der Waals surface area contributed by atoms with Crippen LogP contribution in [-0.2, 0) is 22.4 Å². The molecule has 22 heavy (non-hydrogen) atoms. The van der Waals surface area contributed by atoms with Gasteiger partial charge >= 0.3 is 0 Å². The van der Waals surface area contributed by atoms with Crippen molar-refractivity contribution in [2.24, 2.45) is 0 Å². The van der Waals surface area contributed by atoms with E-state index in [0.29, 0.717) is 17.7 Å². The molecule has 0 fully saturated rings. The Balaban J connectivity index is 2.15. The minimum Gasteiger partial charge on any atom is -0.293 e. The van der Waals surface area contributed by atoms with Crippen LogP contribution < -0.4 is 0 Å². The van der Waals surface area contributed by atoms with Gasteiger partial charge in [-0.25, -0.2) is 0 Å². The first-order valence-corrected chi connectivity index (χ1v) is 9.21. The van der Waals surface area contributed by atoms with Crippen LogP contribution in [0.4, 0.5) is 0 Å². The van der Waals surface area contributed by atoms with E-state index in [1.54, 1.807) is 0 Å². The van der Waals surface area contributed by atoms with E-state index < -0.39 is 0 Å². The third-order valence-corrected chi connectivity index (χ3v) is 4.60. The summed E-state index contributed by atoms with van der Waals surface area (Å²) < 4.78 is 0. The monoisotopic (exact) mass is 312 g/mol. The van der Waals surface area contributed by atoms with Crippen molar-refractivity contribution in [1.82, 2.24) is 0 Å². The normalized spacial score (nSPS) is 10.5. The van der Waals surface area contributed by atoms with Crippen LogP contribution in [-0.4, -0.2) is 28.9 Å². The Morgan fingerprint density at radius 2 is 1.09 bits per heavy atom. The molecule has 2 aromatic carbocycles. The van der Waals surface area contributed by atoms with E-state index >= 15 is 0 Å². The van der Waals surface area contributed by atoms with Gasteiger partial charge in [0.15, 0.2) is 11.6 Å². The molecule has 0 aliphatic heterocycles. The predicted octanol–water partition coefficient (Wildman–Crippen LogP) is 3.31. The summed E-state index contributed by atoms with van der Waals surface area (Å²) in [5.74, 6) is -0.110. The molecule has 0 aliphatic rings. The summed E-state index contributed by atoms with van der Waals surface area (Å²) in [4.78, 5) is 25.5. The van der Waals surface area contributed by atoms with Gasteiger partial charge in [0.2, 0.25) is 0 Å². The van der Waals surface area contributed by atoms with Gasteiger partial charge in [-0.05, 0) is 23.6 Å². The van der Waals surface area contributed by atoms with Crippen molar-refractivity contribution < 1.29 is 9.59 Å². The fourth-order valence-corrected chi connectivity index (χ4v) is 3.39. The van der Waals surface area contributed by atoms with Crippen LogP contribution >= 0.6 is 10.5 Å². The molecule has 0 aliphatic carbocycles. The van der Waals surface area contributed by atoms with Crippen LogP contribution in [0.25, 0.3) is 0 Å². The fourth-order valence-electron chi connectivity index (χ4n) is 2.33. The summed E-state index contributed by atoms with van der Waals surface area (Å²) >= 11 is 0. The molecular weight excluding hydrogens is 292 g/mol. The first kappa shape index (κ1) is 16.4. The van der Waals surface area contributed by atoms with Crippen molar-refractivity contribution in [3.63, 3.8) is 0 Å². The van der Waals surface area contributed by atoms with Gasteiger partial charge in [-0.2, -0.15) is 10.5 Å². The minimum absolute atomic E-state index is 0.0551. The van der Waals surface area contributed by atoms with Gasteiger partial charge in [-0.15, -0.1) is 0 Å². The maximum atomic E-state index is 12.5. The standard InChI is InChI=1S/C19H20O2S/c1-22(2)19(17(20)13-15-9-5-3-6-10-15)18(21)14-16-11-7-4-8-12-16/h3-12H,13-14H2,1-2H3. The molecule has 0 spiro atoms. The van der Waals surface area contributed by atoms with Crippen LogP contribution in [0.3, 0.4) is 0 Å². The SMILES string of the molecule is CS(C)=C(C(=O)Cc1ccccc1)C(=O)Cc1ccccc1. The van der Waals surface area contributed by atoms with Gasteiger partial charge in [0.05, 0.1) is 4.86 Å². The van der Waals surface area contributed by atoms with Crippen LogP contribution in [0.15, 0.2) is 60.7 Å². The van der Waals surface area contributed by atoms with E-state index in [4.69, 9.17) is 0 Å². The largest absolute Gasteiger partial charge is 0.293 e. The number of hydrogen-bond acceptors (Lipinski definition) is 2. The molecular formula is C19H20O2S. The van der Waals surface area contributed by atoms with E-state index in [1.807, 2.05) is 73.2 Å².